The molecule has 0 unspecified atom stereocenters. The Bertz CT molecular complexity index is 242. The van der Waals surface area contributed by atoms with Gasteiger partial charge in [-0.3, -0.25) is 0 Å². The van der Waals surface area contributed by atoms with E-state index in [4.69, 9.17) is 10.5 Å². The van der Waals surface area contributed by atoms with Crippen molar-refractivity contribution in [1.29, 1.82) is 0 Å². The molecular formula is C10H24N2O3S. The summed E-state index contributed by atoms with van der Waals surface area (Å²) in [5.74, 6) is 0.152. The van der Waals surface area contributed by atoms with Crippen LogP contribution in [0, 0.1) is 0 Å². The highest BCUT2D eigenvalue weighted by Crippen LogP contribution is 1.93. The molecule has 0 spiro atoms. The van der Waals surface area contributed by atoms with E-state index in [1.54, 1.807) is 0 Å². The Kier molecular flexibility index (Phi) is 9.91. The average Bonchev–Trinajstić information content (AvgIpc) is 2.23. The first-order valence-electron chi connectivity index (χ1n) is 5.87. The molecular weight excluding hydrogens is 228 g/mol. The zero-order valence-electron chi connectivity index (χ0n) is 10.1. The molecule has 0 fully saturated rings. The van der Waals surface area contributed by atoms with Gasteiger partial charge in [0, 0.05) is 13.2 Å². The van der Waals surface area contributed by atoms with E-state index in [0.717, 1.165) is 19.3 Å². The number of hydrogen-bond acceptors (Lipinski definition) is 4. The summed E-state index contributed by atoms with van der Waals surface area (Å²) in [4.78, 5) is 0. The predicted octanol–water partition coefficient (Wildman–Crippen LogP) is 0.461. The van der Waals surface area contributed by atoms with Crippen LogP contribution in [0.15, 0.2) is 0 Å². The van der Waals surface area contributed by atoms with Gasteiger partial charge in [0.1, 0.15) is 0 Å². The quantitative estimate of drug-likeness (QED) is 0.523. The molecule has 0 aliphatic rings. The van der Waals surface area contributed by atoms with Crippen LogP contribution in [0.3, 0.4) is 0 Å². The second kappa shape index (κ2) is 10.0. The van der Waals surface area contributed by atoms with E-state index in [0.29, 0.717) is 32.7 Å². The maximum Gasteiger partial charge on any atom is 0.211 e. The van der Waals surface area contributed by atoms with Crippen LogP contribution in [-0.2, 0) is 14.8 Å². The molecule has 3 N–H and O–H groups in total. The van der Waals surface area contributed by atoms with Crippen molar-refractivity contribution in [3.05, 3.63) is 0 Å². The number of nitrogens with two attached hydrogens (primary N) is 1. The van der Waals surface area contributed by atoms with Gasteiger partial charge in [0.2, 0.25) is 10.0 Å². The highest BCUT2D eigenvalue weighted by atomic mass is 32.2. The van der Waals surface area contributed by atoms with Gasteiger partial charge in [-0.05, 0) is 25.8 Å². The lowest BCUT2D eigenvalue weighted by molar-refractivity contribution is 0.136. The SMILES string of the molecule is CCCCOCCNS(=O)(=O)CCCCN. The second-order valence-corrected chi connectivity index (χ2v) is 5.60. The molecule has 0 atom stereocenters. The maximum absolute atomic E-state index is 11.4. The van der Waals surface area contributed by atoms with E-state index in [1.165, 1.54) is 0 Å². The van der Waals surface area contributed by atoms with Crippen LogP contribution in [0.2, 0.25) is 0 Å². The first-order valence-corrected chi connectivity index (χ1v) is 7.52. The number of sulfonamides is 1. The van der Waals surface area contributed by atoms with Gasteiger partial charge in [0.05, 0.1) is 12.4 Å². The molecule has 0 aliphatic carbocycles. The van der Waals surface area contributed by atoms with Gasteiger partial charge < -0.3 is 10.5 Å². The monoisotopic (exact) mass is 252 g/mol. The van der Waals surface area contributed by atoms with Gasteiger partial charge in [-0.2, -0.15) is 0 Å². The summed E-state index contributed by atoms with van der Waals surface area (Å²) in [6.45, 7) is 4.12. The van der Waals surface area contributed by atoms with Gasteiger partial charge in [0.25, 0.3) is 0 Å². The topological polar surface area (TPSA) is 81.4 Å². The zero-order chi connectivity index (χ0) is 12.3. The maximum atomic E-state index is 11.4. The summed E-state index contributed by atoms with van der Waals surface area (Å²) in [6, 6.07) is 0. The van der Waals surface area contributed by atoms with Gasteiger partial charge in [-0.15, -0.1) is 0 Å². The van der Waals surface area contributed by atoms with Crippen LogP contribution in [0.25, 0.3) is 0 Å². The first kappa shape index (κ1) is 15.8. The van der Waals surface area contributed by atoms with Gasteiger partial charge >= 0.3 is 0 Å². The third-order valence-corrected chi connectivity index (χ3v) is 3.55. The third kappa shape index (κ3) is 10.4. The van der Waals surface area contributed by atoms with Crippen LogP contribution in [0.4, 0.5) is 0 Å². The van der Waals surface area contributed by atoms with Crippen molar-refractivity contribution >= 4 is 10.0 Å². The summed E-state index contributed by atoms with van der Waals surface area (Å²) in [6.07, 6.45) is 3.46. The van der Waals surface area contributed by atoms with Crippen LogP contribution >= 0.6 is 0 Å². The molecule has 0 aliphatic heterocycles. The Balaban J connectivity index is 3.43. The summed E-state index contributed by atoms with van der Waals surface area (Å²) in [5, 5.41) is 0. The van der Waals surface area contributed by atoms with Crippen molar-refractivity contribution in [2.75, 3.05) is 32.1 Å². The van der Waals surface area contributed by atoms with Crippen molar-refractivity contribution in [3.8, 4) is 0 Å². The lowest BCUT2D eigenvalue weighted by atomic mass is 10.3. The standard InChI is InChI=1S/C10H24N2O3S/c1-2-3-8-15-9-7-12-16(13,14)10-5-4-6-11/h12H,2-11H2,1H3. The molecule has 0 radical (unpaired) electrons. The van der Waals surface area contributed by atoms with Crippen LogP contribution < -0.4 is 10.5 Å². The molecule has 6 heteroatoms. The van der Waals surface area contributed by atoms with E-state index >= 15 is 0 Å². The highest BCUT2D eigenvalue weighted by Gasteiger charge is 2.07. The van der Waals surface area contributed by atoms with E-state index in [-0.39, 0.29) is 5.75 Å². The average molecular weight is 252 g/mol. The smallest absolute Gasteiger partial charge is 0.211 e. The van der Waals surface area contributed by atoms with Gasteiger partial charge in [-0.25, -0.2) is 13.1 Å². The number of hydrogen-bond donors (Lipinski definition) is 2. The zero-order valence-corrected chi connectivity index (χ0v) is 10.9. The largest absolute Gasteiger partial charge is 0.380 e. The molecule has 0 heterocycles. The number of nitrogens with one attached hydrogen (secondary N) is 1. The fourth-order valence-electron chi connectivity index (χ4n) is 1.13. The van der Waals surface area contributed by atoms with Crippen LogP contribution in [0.5, 0.6) is 0 Å². The number of rotatable bonds is 11. The molecule has 16 heavy (non-hydrogen) atoms. The summed E-state index contributed by atoms with van der Waals surface area (Å²) >= 11 is 0. The summed E-state index contributed by atoms with van der Waals surface area (Å²) in [5.41, 5.74) is 5.29. The lowest BCUT2D eigenvalue weighted by Crippen LogP contribution is -2.30. The number of unbranched alkanes of at least 4 members (excludes halogenated alkanes) is 2. The molecule has 0 aromatic heterocycles. The predicted molar refractivity (Wildman–Crippen MR) is 65.8 cm³/mol. The summed E-state index contributed by atoms with van der Waals surface area (Å²) in [7, 11) is -3.13. The first-order chi connectivity index (χ1) is 7.62. The molecule has 0 amide bonds. The van der Waals surface area contributed by atoms with E-state index in [1.807, 2.05) is 0 Å². The molecule has 0 aromatic rings. The highest BCUT2D eigenvalue weighted by molar-refractivity contribution is 7.89. The Labute approximate surface area is 98.8 Å². The minimum atomic E-state index is -3.13. The third-order valence-electron chi connectivity index (χ3n) is 2.08. The summed E-state index contributed by atoms with van der Waals surface area (Å²) < 4.78 is 30.5. The van der Waals surface area contributed by atoms with Gasteiger partial charge in [-0.1, -0.05) is 13.3 Å². The molecule has 0 rings (SSSR count). The van der Waals surface area contributed by atoms with Crippen molar-refractivity contribution in [1.82, 2.24) is 4.72 Å². The molecule has 0 saturated carbocycles. The Morgan fingerprint density at radius 2 is 1.94 bits per heavy atom. The minimum Gasteiger partial charge on any atom is -0.380 e. The van der Waals surface area contributed by atoms with Crippen LogP contribution in [-0.4, -0.2) is 40.5 Å². The van der Waals surface area contributed by atoms with Crippen molar-refractivity contribution in [2.45, 2.75) is 32.6 Å². The van der Waals surface area contributed by atoms with Crippen molar-refractivity contribution in [2.24, 2.45) is 5.73 Å². The number of ether oxygens (including phenoxy) is 1. The lowest BCUT2D eigenvalue weighted by Gasteiger charge is -2.06. The van der Waals surface area contributed by atoms with Crippen molar-refractivity contribution in [3.63, 3.8) is 0 Å². The minimum absolute atomic E-state index is 0.152. The van der Waals surface area contributed by atoms with E-state index < -0.39 is 10.0 Å². The second-order valence-electron chi connectivity index (χ2n) is 3.67. The molecule has 98 valence electrons. The molecule has 5 nitrogen and oxygen atoms in total. The fraction of sp³-hybridized carbons (Fsp3) is 1.00. The van der Waals surface area contributed by atoms with E-state index in [9.17, 15) is 8.42 Å². The molecule has 0 bridgehead atoms. The van der Waals surface area contributed by atoms with Crippen LogP contribution in [0.1, 0.15) is 32.6 Å². The van der Waals surface area contributed by atoms with E-state index in [2.05, 4.69) is 11.6 Å². The molecule has 0 aromatic carbocycles. The Morgan fingerprint density at radius 3 is 2.56 bits per heavy atom. The van der Waals surface area contributed by atoms with Crippen molar-refractivity contribution < 1.29 is 13.2 Å². The molecule has 0 saturated heterocycles. The normalized spacial score (nSPS) is 11.9. The Morgan fingerprint density at radius 1 is 1.19 bits per heavy atom. The Hall–Kier alpha value is -0.170. The fourth-order valence-corrected chi connectivity index (χ4v) is 2.25. The van der Waals surface area contributed by atoms with Gasteiger partial charge in [0.15, 0.2) is 0 Å².